The molecule has 0 spiro atoms. The first-order chi connectivity index (χ1) is 15.3. The number of amides is 1. The van der Waals surface area contributed by atoms with Crippen molar-refractivity contribution >= 4 is 34.0 Å². The molecule has 1 N–H and O–H groups in total. The predicted molar refractivity (Wildman–Crippen MR) is 131 cm³/mol. The van der Waals surface area contributed by atoms with Crippen LogP contribution in [0.15, 0.2) is 84.2 Å². The minimum Gasteiger partial charge on any atom is -0.486 e. The largest absolute Gasteiger partial charge is 0.486 e. The van der Waals surface area contributed by atoms with Crippen LogP contribution in [0, 0.1) is 5.41 Å². The van der Waals surface area contributed by atoms with Gasteiger partial charge in [0.25, 0.3) is 0 Å². The minimum atomic E-state index is -0.161. The fourth-order valence-corrected chi connectivity index (χ4v) is 4.42. The number of nitrogens with one attached hydrogen (secondary N) is 1. The standard InChI is InChI=1S/C27H27ClN2O2/c1-18-23(27(2,3)15-13-25(18)32-21-9-7-20(28)8-10-21)11-12-26(31)30-24-6-4-5-19-17-29-16-14-22(19)24/h4-12,14,16-17,25H,13,15H2,1-3H3,(H,30,31). The summed E-state index contributed by atoms with van der Waals surface area (Å²) in [5, 5.41) is 5.65. The molecule has 3 aromatic rings. The van der Waals surface area contributed by atoms with Gasteiger partial charge in [-0.05, 0) is 72.7 Å². The topological polar surface area (TPSA) is 51.2 Å². The number of anilines is 1. The highest BCUT2D eigenvalue weighted by Crippen LogP contribution is 2.42. The van der Waals surface area contributed by atoms with Crippen LogP contribution >= 0.6 is 11.6 Å². The van der Waals surface area contributed by atoms with Crippen molar-refractivity contribution < 1.29 is 9.53 Å². The Kier molecular flexibility index (Phi) is 6.33. The summed E-state index contributed by atoms with van der Waals surface area (Å²) in [6.07, 6.45) is 8.95. The molecule has 0 saturated carbocycles. The smallest absolute Gasteiger partial charge is 0.248 e. The van der Waals surface area contributed by atoms with E-state index in [1.165, 1.54) is 0 Å². The van der Waals surface area contributed by atoms with Gasteiger partial charge in [0.1, 0.15) is 11.9 Å². The van der Waals surface area contributed by atoms with Crippen molar-refractivity contribution in [3.05, 3.63) is 89.2 Å². The Hall–Kier alpha value is -3.11. The molecule has 0 bridgehead atoms. The van der Waals surface area contributed by atoms with Gasteiger partial charge in [0.05, 0.1) is 0 Å². The molecular formula is C27H27ClN2O2. The van der Waals surface area contributed by atoms with E-state index >= 15 is 0 Å². The first kappa shape index (κ1) is 22.1. The molecule has 0 saturated heterocycles. The van der Waals surface area contributed by atoms with Crippen LogP contribution < -0.4 is 10.1 Å². The molecule has 0 radical (unpaired) electrons. The summed E-state index contributed by atoms with van der Waals surface area (Å²) in [4.78, 5) is 16.9. The maximum absolute atomic E-state index is 12.7. The molecule has 1 amide bonds. The van der Waals surface area contributed by atoms with Crippen molar-refractivity contribution in [1.29, 1.82) is 0 Å². The minimum absolute atomic E-state index is 0.0301. The average Bonchev–Trinajstić information content (AvgIpc) is 2.77. The van der Waals surface area contributed by atoms with Crippen molar-refractivity contribution in [3.8, 4) is 5.75 Å². The molecule has 4 nitrogen and oxygen atoms in total. The van der Waals surface area contributed by atoms with Gasteiger partial charge in [0, 0.05) is 40.0 Å². The van der Waals surface area contributed by atoms with E-state index in [0.29, 0.717) is 5.02 Å². The van der Waals surface area contributed by atoms with Crippen LogP contribution in [0.5, 0.6) is 5.75 Å². The molecule has 1 aromatic heterocycles. The summed E-state index contributed by atoms with van der Waals surface area (Å²) in [5.41, 5.74) is 3.03. The Morgan fingerprint density at radius 2 is 1.97 bits per heavy atom. The fourth-order valence-electron chi connectivity index (χ4n) is 4.30. The summed E-state index contributed by atoms with van der Waals surface area (Å²) < 4.78 is 6.24. The summed E-state index contributed by atoms with van der Waals surface area (Å²) in [7, 11) is 0. The van der Waals surface area contributed by atoms with Crippen molar-refractivity contribution in [3.63, 3.8) is 0 Å². The van der Waals surface area contributed by atoms with E-state index in [-0.39, 0.29) is 17.4 Å². The van der Waals surface area contributed by atoms with Gasteiger partial charge in [-0.3, -0.25) is 9.78 Å². The fraction of sp³-hybridized carbons (Fsp3) is 0.259. The highest BCUT2D eigenvalue weighted by Gasteiger charge is 2.33. The van der Waals surface area contributed by atoms with Gasteiger partial charge in [0.15, 0.2) is 0 Å². The molecule has 1 heterocycles. The molecule has 1 aliphatic rings. The van der Waals surface area contributed by atoms with E-state index < -0.39 is 0 Å². The molecule has 1 unspecified atom stereocenters. The van der Waals surface area contributed by atoms with Gasteiger partial charge in [-0.15, -0.1) is 0 Å². The van der Waals surface area contributed by atoms with Gasteiger partial charge < -0.3 is 10.1 Å². The lowest BCUT2D eigenvalue weighted by atomic mass is 9.71. The van der Waals surface area contributed by atoms with Gasteiger partial charge in [0.2, 0.25) is 5.91 Å². The zero-order valence-electron chi connectivity index (χ0n) is 18.6. The van der Waals surface area contributed by atoms with E-state index in [9.17, 15) is 4.79 Å². The van der Waals surface area contributed by atoms with Gasteiger partial charge in [-0.25, -0.2) is 0 Å². The number of halogens is 1. The summed E-state index contributed by atoms with van der Waals surface area (Å²) in [6.45, 7) is 6.52. The molecule has 0 fully saturated rings. The first-order valence-corrected chi connectivity index (χ1v) is 11.2. The van der Waals surface area contributed by atoms with Gasteiger partial charge in [-0.1, -0.05) is 43.7 Å². The first-order valence-electron chi connectivity index (χ1n) is 10.8. The number of aromatic nitrogens is 1. The Morgan fingerprint density at radius 3 is 2.75 bits per heavy atom. The second-order valence-electron chi connectivity index (χ2n) is 8.80. The Morgan fingerprint density at radius 1 is 1.19 bits per heavy atom. The number of allylic oxidation sites excluding steroid dienone is 2. The van der Waals surface area contributed by atoms with Crippen LogP contribution in [0.2, 0.25) is 5.02 Å². The van der Waals surface area contributed by atoms with Crippen LogP contribution in [-0.2, 0) is 4.79 Å². The number of benzene rings is 2. The third-order valence-corrected chi connectivity index (χ3v) is 6.35. The van der Waals surface area contributed by atoms with Crippen LogP contribution in [-0.4, -0.2) is 17.0 Å². The lowest BCUT2D eigenvalue weighted by Crippen LogP contribution is -2.31. The Labute approximate surface area is 194 Å². The van der Waals surface area contributed by atoms with Crippen molar-refractivity contribution in [2.75, 3.05) is 5.32 Å². The van der Waals surface area contributed by atoms with Gasteiger partial charge in [-0.2, -0.15) is 0 Å². The summed E-state index contributed by atoms with van der Waals surface area (Å²) >= 11 is 5.99. The van der Waals surface area contributed by atoms with Crippen LogP contribution in [0.1, 0.15) is 33.6 Å². The Bertz CT molecular complexity index is 1190. The molecule has 5 heteroatoms. The lowest BCUT2D eigenvalue weighted by molar-refractivity contribution is -0.111. The van der Waals surface area contributed by atoms with E-state index in [1.54, 1.807) is 18.5 Å². The predicted octanol–water partition coefficient (Wildman–Crippen LogP) is 6.97. The number of ether oxygens (including phenoxy) is 1. The van der Waals surface area contributed by atoms with Crippen molar-refractivity contribution in [2.24, 2.45) is 5.41 Å². The van der Waals surface area contributed by atoms with E-state index in [0.717, 1.165) is 46.2 Å². The maximum atomic E-state index is 12.7. The third-order valence-electron chi connectivity index (χ3n) is 6.10. The Balaban J connectivity index is 1.54. The van der Waals surface area contributed by atoms with Crippen molar-refractivity contribution in [1.82, 2.24) is 4.98 Å². The molecular weight excluding hydrogens is 420 g/mol. The molecule has 1 atom stereocenters. The second kappa shape index (κ2) is 9.17. The third kappa shape index (κ3) is 4.86. The molecule has 1 aliphatic carbocycles. The van der Waals surface area contributed by atoms with Crippen molar-refractivity contribution in [2.45, 2.75) is 39.7 Å². The zero-order valence-corrected chi connectivity index (χ0v) is 19.3. The SMILES string of the molecule is CC1=C(C=CC(=O)Nc2cccc3cnccc23)C(C)(C)CCC1Oc1ccc(Cl)cc1. The van der Waals surface area contributed by atoms with Gasteiger partial charge >= 0.3 is 0 Å². The summed E-state index contributed by atoms with van der Waals surface area (Å²) in [6, 6.07) is 15.1. The second-order valence-corrected chi connectivity index (χ2v) is 9.24. The van der Waals surface area contributed by atoms with Crippen LogP contribution in [0.25, 0.3) is 10.8 Å². The number of rotatable bonds is 5. The number of carbonyl (C=O) groups excluding carboxylic acids is 1. The average molecular weight is 447 g/mol. The molecule has 164 valence electrons. The van der Waals surface area contributed by atoms with E-state index in [2.05, 4.69) is 31.1 Å². The summed E-state index contributed by atoms with van der Waals surface area (Å²) in [5.74, 6) is 0.635. The lowest BCUT2D eigenvalue weighted by Gasteiger charge is -2.37. The quantitative estimate of drug-likeness (QED) is 0.430. The molecule has 32 heavy (non-hydrogen) atoms. The molecule has 4 rings (SSSR count). The molecule has 2 aromatic carbocycles. The number of carbonyl (C=O) groups is 1. The molecule has 0 aliphatic heterocycles. The monoisotopic (exact) mass is 446 g/mol. The number of hydrogen-bond donors (Lipinski definition) is 1. The van der Waals surface area contributed by atoms with E-state index in [4.69, 9.17) is 16.3 Å². The number of fused-ring (bicyclic) bond motifs is 1. The highest BCUT2D eigenvalue weighted by atomic mass is 35.5. The highest BCUT2D eigenvalue weighted by molar-refractivity contribution is 6.30. The number of nitrogens with zero attached hydrogens (tertiary/aromatic N) is 1. The normalized spacial score (nSPS) is 18.2. The van der Waals surface area contributed by atoms with Crippen LogP contribution in [0.4, 0.5) is 5.69 Å². The number of pyridine rings is 1. The number of hydrogen-bond acceptors (Lipinski definition) is 3. The van der Waals surface area contributed by atoms with E-state index in [1.807, 2.05) is 54.6 Å². The van der Waals surface area contributed by atoms with Crippen LogP contribution in [0.3, 0.4) is 0 Å². The zero-order chi connectivity index (χ0) is 22.7. The maximum Gasteiger partial charge on any atom is 0.248 e.